The zero-order valence-corrected chi connectivity index (χ0v) is 31.9. The molecule has 55 heavy (non-hydrogen) atoms. The van der Waals surface area contributed by atoms with Gasteiger partial charge in [-0.2, -0.15) is 5.10 Å². The van der Waals surface area contributed by atoms with Crippen LogP contribution in [-0.2, 0) is 14.4 Å². The Morgan fingerprint density at radius 2 is 1.55 bits per heavy atom. The summed E-state index contributed by atoms with van der Waals surface area (Å²) in [5.74, 6) is 1.90. The van der Waals surface area contributed by atoms with Gasteiger partial charge in [-0.15, -0.1) is 0 Å². The first-order valence-corrected chi connectivity index (χ1v) is 19.7. The predicted molar refractivity (Wildman–Crippen MR) is 212 cm³/mol. The normalized spacial score (nSPS) is 18.1. The standard InChI is InChI=1S/C41H55N9O5/c1-2-43-35(51)10-6-11-36(52)44-21-25-48-28-26-47(27-29-48)22-7-12-37(53)49-23-18-30(19-24-49)34-17-20-45-41-38(40(42)54)39(46-50(34)41)31-13-15-33(16-14-31)55-32-8-4-3-5-9-32/h3-5,7-9,12-16,30,34,45H,2,6,10-11,17-29H2,1H3,(H2,42,54)(H,43,51)(H,44,52)/b12-7+/t34-/m0/s1. The molecule has 0 saturated carbocycles. The van der Waals surface area contributed by atoms with Crippen molar-refractivity contribution >= 4 is 29.4 Å². The lowest BCUT2D eigenvalue weighted by atomic mass is 9.87. The molecule has 6 rings (SSSR count). The number of likely N-dealkylation sites (tertiary alicyclic amines) is 1. The van der Waals surface area contributed by atoms with Gasteiger partial charge in [-0.05, 0) is 74.9 Å². The first kappa shape index (κ1) is 39.5. The molecule has 4 heterocycles. The number of piperidine rings is 1. The number of primary amides is 1. The number of piperazine rings is 1. The summed E-state index contributed by atoms with van der Waals surface area (Å²) >= 11 is 0. The fourth-order valence-electron chi connectivity index (χ4n) is 7.73. The maximum Gasteiger partial charge on any atom is 0.254 e. The van der Waals surface area contributed by atoms with Crippen molar-refractivity contribution in [2.45, 2.75) is 51.5 Å². The summed E-state index contributed by atoms with van der Waals surface area (Å²) in [4.78, 5) is 56.2. The first-order valence-electron chi connectivity index (χ1n) is 19.7. The van der Waals surface area contributed by atoms with Crippen LogP contribution in [0.5, 0.6) is 11.5 Å². The number of amides is 4. The summed E-state index contributed by atoms with van der Waals surface area (Å²) in [6, 6.07) is 17.2. The molecule has 4 amide bonds. The third-order valence-electron chi connectivity index (χ3n) is 10.7. The van der Waals surface area contributed by atoms with Crippen molar-refractivity contribution in [3.8, 4) is 22.8 Å². The van der Waals surface area contributed by atoms with E-state index in [1.165, 1.54) is 0 Å². The zero-order valence-electron chi connectivity index (χ0n) is 31.9. The van der Waals surface area contributed by atoms with Crippen LogP contribution in [0.4, 0.5) is 5.82 Å². The molecule has 5 N–H and O–H groups in total. The molecule has 3 aromatic rings. The summed E-state index contributed by atoms with van der Waals surface area (Å²) in [6.07, 6.45) is 7.57. The van der Waals surface area contributed by atoms with E-state index in [9.17, 15) is 19.2 Å². The molecule has 2 fully saturated rings. The SMILES string of the molecule is CCNC(=O)CCCC(=O)NCCN1CCN(C/C=C/C(=O)N2CCC([C@@H]3CCNc4c(C(N)=O)c(-c5ccc(Oc6ccccc6)cc5)nn43)CC2)CC1. The Labute approximate surface area is 323 Å². The Bertz CT molecular complexity index is 1780. The minimum Gasteiger partial charge on any atom is -0.457 e. The van der Waals surface area contributed by atoms with E-state index in [-0.39, 0.29) is 23.8 Å². The molecule has 3 aliphatic rings. The van der Waals surface area contributed by atoms with E-state index in [0.29, 0.717) is 80.7 Å². The van der Waals surface area contributed by atoms with Crippen molar-refractivity contribution in [1.29, 1.82) is 0 Å². The topological polar surface area (TPSA) is 167 Å². The first-order chi connectivity index (χ1) is 26.8. The van der Waals surface area contributed by atoms with Crippen LogP contribution in [0.3, 0.4) is 0 Å². The summed E-state index contributed by atoms with van der Waals surface area (Å²) in [5, 5.41) is 14.1. The number of hydrogen-bond acceptors (Lipinski definition) is 9. The number of fused-ring (bicyclic) bond motifs is 1. The van der Waals surface area contributed by atoms with E-state index in [1.54, 1.807) is 6.08 Å². The van der Waals surface area contributed by atoms with Crippen LogP contribution in [0, 0.1) is 5.92 Å². The molecule has 2 aromatic carbocycles. The number of ether oxygens (including phenoxy) is 1. The fourth-order valence-corrected chi connectivity index (χ4v) is 7.73. The third kappa shape index (κ3) is 10.7. The van der Waals surface area contributed by atoms with Crippen molar-refractivity contribution in [1.82, 2.24) is 35.1 Å². The summed E-state index contributed by atoms with van der Waals surface area (Å²) in [6.45, 7) is 10.3. The highest BCUT2D eigenvalue weighted by atomic mass is 16.5. The van der Waals surface area contributed by atoms with Crippen LogP contribution < -0.4 is 26.4 Å². The second-order valence-corrected chi connectivity index (χ2v) is 14.5. The molecule has 1 aromatic heterocycles. The average Bonchev–Trinajstić information content (AvgIpc) is 3.60. The van der Waals surface area contributed by atoms with Crippen LogP contribution in [0.1, 0.15) is 61.8 Å². The van der Waals surface area contributed by atoms with Gasteiger partial charge in [-0.25, -0.2) is 4.68 Å². The van der Waals surface area contributed by atoms with Crippen LogP contribution in [-0.4, -0.2) is 120 Å². The second kappa shape index (κ2) is 19.4. The van der Waals surface area contributed by atoms with Crippen molar-refractivity contribution < 1.29 is 23.9 Å². The highest BCUT2D eigenvalue weighted by molar-refractivity contribution is 6.04. The van der Waals surface area contributed by atoms with Gasteiger partial charge < -0.3 is 31.3 Å². The van der Waals surface area contributed by atoms with Gasteiger partial charge >= 0.3 is 0 Å². The number of benzene rings is 2. The Morgan fingerprint density at radius 3 is 2.24 bits per heavy atom. The number of aromatic nitrogens is 2. The van der Waals surface area contributed by atoms with E-state index < -0.39 is 5.91 Å². The number of carbonyl (C=O) groups excluding carboxylic acids is 4. The Hall–Kier alpha value is -5.21. The van der Waals surface area contributed by atoms with Gasteiger partial charge in [0.1, 0.15) is 28.6 Å². The number of nitrogens with one attached hydrogen (secondary N) is 3. The van der Waals surface area contributed by atoms with Crippen molar-refractivity contribution in [3.63, 3.8) is 0 Å². The number of nitrogens with two attached hydrogens (primary N) is 1. The highest BCUT2D eigenvalue weighted by Gasteiger charge is 2.36. The monoisotopic (exact) mass is 753 g/mol. The van der Waals surface area contributed by atoms with Gasteiger partial charge in [0.2, 0.25) is 17.7 Å². The van der Waals surface area contributed by atoms with Gasteiger partial charge in [0.05, 0.1) is 6.04 Å². The Kier molecular flexibility index (Phi) is 13.9. The van der Waals surface area contributed by atoms with Crippen LogP contribution in [0.25, 0.3) is 11.3 Å². The number of carbonyl (C=O) groups is 4. The van der Waals surface area contributed by atoms with Crippen molar-refractivity contribution in [3.05, 3.63) is 72.3 Å². The number of hydrogen-bond donors (Lipinski definition) is 4. The van der Waals surface area contributed by atoms with E-state index >= 15 is 0 Å². The number of anilines is 1. The van der Waals surface area contributed by atoms with Gasteiger partial charge in [0.15, 0.2) is 0 Å². The average molecular weight is 754 g/mol. The van der Waals surface area contributed by atoms with Gasteiger partial charge in [0.25, 0.3) is 5.91 Å². The molecular weight excluding hydrogens is 699 g/mol. The highest BCUT2D eigenvalue weighted by Crippen LogP contribution is 2.40. The van der Waals surface area contributed by atoms with Gasteiger partial charge in [-0.3, -0.25) is 29.0 Å². The van der Waals surface area contributed by atoms with Gasteiger partial charge in [-0.1, -0.05) is 24.3 Å². The molecule has 14 nitrogen and oxygen atoms in total. The molecule has 1 atom stereocenters. The molecule has 14 heteroatoms. The van der Waals surface area contributed by atoms with Crippen molar-refractivity contribution in [2.24, 2.45) is 11.7 Å². The molecule has 0 spiro atoms. The van der Waals surface area contributed by atoms with Gasteiger partial charge in [0, 0.05) is 96.5 Å². The lowest BCUT2D eigenvalue weighted by molar-refractivity contribution is -0.127. The number of rotatable bonds is 16. The van der Waals surface area contributed by atoms with E-state index in [4.69, 9.17) is 15.6 Å². The number of para-hydroxylation sites is 1. The van der Waals surface area contributed by atoms with Crippen LogP contribution >= 0.6 is 0 Å². The largest absolute Gasteiger partial charge is 0.457 e. The van der Waals surface area contributed by atoms with Crippen LogP contribution in [0.15, 0.2) is 66.7 Å². The molecule has 294 valence electrons. The maximum absolute atomic E-state index is 13.2. The third-order valence-corrected chi connectivity index (χ3v) is 10.7. The van der Waals surface area contributed by atoms with E-state index in [2.05, 4.69) is 25.8 Å². The lowest BCUT2D eigenvalue weighted by Crippen LogP contribution is -2.48. The second-order valence-electron chi connectivity index (χ2n) is 14.5. The summed E-state index contributed by atoms with van der Waals surface area (Å²) < 4.78 is 7.92. The molecule has 0 unspecified atom stereocenters. The minimum atomic E-state index is -0.522. The fraction of sp³-hybridized carbons (Fsp3) is 0.488. The lowest BCUT2D eigenvalue weighted by Gasteiger charge is -2.38. The molecule has 0 radical (unpaired) electrons. The zero-order chi connectivity index (χ0) is 38.6. The summed E-state index contributed by atoms with van der Waals surface area (Å²) in [7, 11) is 0. The van der Waals surface area contributed by atoms with E-state index in [0.717, 1.165) is 69.8 Å². The molecular formula is C41H55N9O5. The summed E-state index contributed by atoms with van der Waals surface area (Å²) in [5.41, 5.74) is 7.67. The Balaban J connectivity index is 0.933. The molecule has 2 saturated heterocycles. The molecule has 0 bridgehead atoms. The van der Waals surface area contributed by atoms with Crippen LogP contribution in [0.2, 0.25) is 0 Å². The minimum absolute atomic E-state index is 0.0117. The van der Waals surface area contributed by atoms with E-state index in [1.807, 2.05) is 77.2 Å². The smallest absolute Gasteiger partial charge is 0.254 e. The predicted octanol–water partition coefficient (Wildman–Crippen LogP) is 3.63. The maximum atomic E-state index is 13.2. The molecule has 0 aliphatic carbocycles. The quantitative estimate of drug-likeness (QED) is 0.160. The number of nitrogens with zero attached hydrogens (tertiary/aromatic N) is 5. The Morgan fingerprint density at radius 1 is 0.873 bits per heavy atom. The molecule has 3 aliphatic heterocycles. The van der Waals surface area contributed by atoms with Crippen molar-refractivity contribution in [2.75, 3.05) is 77.3 Å².